The summed E-state index contributed by atoms with van der Waals surface area (Å²) in [6.45, 7) is -0.386. The summed E-state index contributed by atoms with van der Waals surface area (Å²) >= 11 is 14.9. The zero-order valence-electron chi connectivity index (χ0n) is 15.5. The summed E-state index contributed by atoms with van der Waals surface area (Å²) in [5.41, 5.74) is 0.276. The minimum atomic E-state index is -3.87. The number of ether oxygens (including phenoxy) is 1. The standard InChI is InChI=1S/C20H14BrCl2FN2O4S/c21-12-1-8-19(18(24)9-12)25-20(27)11-30-14-3-5-15(6-4-14)31(28,29)26-13-2-7-16(22)17(23)10-13/h1-10,26H,11H2,(H,25,27). The Kier molecular flexibility index (Phi) is 7.42. The molecule has 0 saturated carbocycles. The number of hydrogen-bond donors (Lipinski definition) is 2. The van der Waals surface area contributed by atoms with Crippen molar-refractivity contribution in [3.63, 3.8) is 0 Å². The minimum Gasteiger partial charge on any atom is -0.484 e. The lowest BCUT2D eigenvalue weighted by Gasteiger charge is -2.11. The van der Waals surface area contributed by atoms with Crippen LogP contribution in [0.15, 0.2) is 70.0 Å². The topological polar surface area (TPSA) is 84.5 Å². The number of benzene rings is 3. The highest BCUT2D eigenvalue weighted by molar-refractivity contribution is 9.10. The molecule has 6 nitrogen and oxygen atoms in total. The Labute approximate surface area is 196 Å². The molecule has 0 saturated heterocycles. The van der Waals surface area contributed by atoms with E-state index in [9.17, 15) is 17.6 Å². The van der Waals surface area contributed by atoms with Crippen LogP contribution in [0.2, 0.25) is 10.0 Å². The second-order valence-electron chi connectivity index (χ2n) is 6.17. The van der Waals surface area contributed by atoms with Gasteiger partial charge in [0.25, 0.3) is 15.9 Å². The molecule has 0 bridgehead atoms. The molecule has 0 aromatic heterocycles. The Balaban J connectivity index is 1.60. The molecule has 2 N–H and O–H groups in total. The van der Waals surface area contributed by atoms with E-state index in [4.69, 9.17) is 27.9 Å². The van der Waals surface area contributed by atoms with Gasteiger partial charge in [0.2, 0.25) is 0 Å². The summed E-state index contributed by atoms with van der Waals surface area (Å²) < 4.78 is 47.0. The maximum absolute atomic E-state index is 13.8. The van der Waals surface area contributed by atoms with Crippen LogP contribution in [-0.2, 0) is 14.8 Å². The second kappa shape index (κ2) is 9.86. The summed E-state index contributed by atoms with van der Waals surface area (Å²) in [5, 5.41) is 2.91. The van der Waals surface area contributed by atoms with E-state index in [-0.39, 0.29) is 33.6 Å². The number of sulfonamides is 1. The number of rotatable bonds is 7. The van der Waals surface area contributed by atoms with Crippen molar-refractivity contribution >= 4 is 66.4 Å². The molecule has 0 atom stereocenters. The Morgan fingerprint density at radius 1 is 1.00 bits per heavy atom. The van der Waals surface area contributed by atoms with Crippen LogP contribution in [0.5, 0.6) is 5.75 Å². The lowest BCUT2D eigenvalue weighted by atomic mass is 10.3. The van der Waals surface area contributed by atoms with Crippen LogP contribution in [-0.4, -0.2) is 20.9 Å². The summed E-state index contributed by atoms with van der Waals surface area (Å²) in [5.74, 6) is -0.897. The highest BCUT2D eigenvalue weighted by atomic mass is 79.9. The largest absolute Gasteiger partial charge is 0.484 e. The average Bonchev–Trinajstić information content (AvgIpc) is 2.71. The number of carbonyl (C=O) groups excluding carboxylic acids is 1. The van der Waals surface area contributed by atoms with Gasteiger partial charge in [-0.2, -0.15) is 0 Å². The maximum Gasteiger partial charge on any atom is 0.262 e. The van der Waals surface area contributed by atoms with Gasteiger partial charge in [0.05, 0.1) is 26.3 Å². The van der Waals surface area contributed by atoms with Crippen molar-refractivity contribution in [2.75, 3.05) is 16.6 Å². The van der Waals surface area contributed by atoms with Crippen molar-refractivity contribution in [2.45, 2.75) is 4.90 Å². The molecular formula is C20H14BrCl2FN2O4S. The van der Waals surface area contributed by atoms with E-state index in [0.717, 1.165) is 0 Å². The molecule has 0 fully saturated rings. The van der Waals surface area contributed by atoms with Crippen LogP contribution in [0.4, 0.5) is 15.8 Å². The molecule has 162 valence electrons. The lowest BCUT2D eigenvalue weighted by Crippen LogP contribution is -2.20. The smallest absolute Gasteiger partial charge is 0.262 e. The predicted octanol–water partition coefficient (Wildman–Crippen LogP) is 5.71. The molecule has 3 rings (SSSR count). The molecule has 1 amide bonds. The van der Waals surface area contributed by atoms with Crippen LogP contribution in [0.1, 0.15) is 0 Å². The Morgan fingerprint density at radius 2 is 1.71 bits per heavy atom. The van der Waals surface area contributed by atoms with Gasteiger partial charge in [-0.1, -0.05) is 39.1 Å². The third kappa shape index (κ3) is 6.33. The molecule has 31 heavy (non-hydrogen) atoms. The quantitative estimate of drug-likeness (QED) is 0.396. The van der Waals surface area contributed by atoms with Gasteiger partial charge in [-0.15, -0.1) is 0 Å². The molecule has 0 aliphatic rings. The third-order valence-corrected chi connectivity index (χ3v) is 6.51. The van der Waals surface area contributed by atoms with Crippen molar-refractivity contribution in [3.8, 4) is 5.75 Å². The van der Waals surface area contributed by atoms with Gasteiger partial charge >= 0.3 is 0 Å². The van der Waals surface area contributed by atoms with Crippen LogP contribution in [0.3, 0.4) is 0 Å². The van der Waals surface area contributed by atoms with Gasteiger partial charge in [0.1, 0.15) is 11.6 Å². The van der Waals surface area contributed by atoms with Gasteiger partial charge in [-0.3, -0.25) is 9.52 Å². The van der Waals surface area contributed by atoms with Gasteiger partial charge in [0, 0.05) is 4.47 Å². The highest BCUT2D eigenvalue weighted by Gasteiger charge is 2.15. The van der Waals surface area contributed by atoms with Gasteiger partial charge in [-0.05, 0) is 60.7 Å². The Hall–Kier alpha value is -2.33. The maximum atomic E-state index is 13.8. The number of halogens is 4. The fraction of sp³-hybridized carbons (Fsp3) is 0.0500. The molecule has 0 aliphatic heterocycles. The molecule has 0 spiro atoms. The summed E-state index contributed by atoms with van der Waals surface area (Å²) in [4.78, 5) is 11.9. The van der Waals surface area contributed by atoms with E-state index in [1.54, 1.807) is 6.07 Å². The van der Waals surface area contributed by atoms with E-state index >= 15 is 0 Å². The second-order valence-corrected chi connectivity index (χ2v) is 9.58. The molecule has 0 heterocycles. The van der Waals surface area contributed by atoms with E-state index in [2.05, 4.69) is 26.0 Å². The van der Waals surface area contributed by atoms with E-state index < -0.39 is 21.7 Å². The molecule has 0 aliphatic carbocycles. The molecule has 3 aromatic carbocycles. The number of carbonyl (C=O) groups is 1. The molecule has 0 radical (unpaired) electrons. The van der Waals surface area contributed by atoms with Crippen molar-refractivity contribution in [3.05, 3.63) is 81.0 Å². The first-order chi connectivity index (χ1) is 14.6. The SMILES string of the molecule is O=C(COc1ccc(S(=O)(=O)Nc2ccc(Cl)c(Cl)c2)cc1)Nc1ccc(Br)cc1F. The number of hydrogen-bond acceptors (Lipinski definition) is 4. The molecular weight excluding hydrogens is 534 g/mol. The zero-order valence-corrected chi connectivity index (χ0v) is 19.4. The van der Waals surface area contributed by atoms with Crippen LogP contribution >= 0.6 is 39.1 Å². The minimum absolute atomic E-state index is 0.0200. The van der Waals surface area contributed by atoms with E-state index in [0.29, 0.717) is 9.50 Å². The predicted molar refractivity (Wildman–Crippen MR) is 122 cm³/mol. The van der Waals surface area contributed by atoms with Gasteiger partial charge in [0.15, 0.2) is 6.61 Å². The van der Waals surface area contributed by atoms with Crippen molar-refractivity contribution in [1.29, 1.82) is 0 Å². The van der Waals surface area contributed by atoms with E-state index in [1.165, 1.54) is 54.6 Å². The molecule has 3 aromatic rings. The lowest BCUT2D eigenvalue weighted by molar-refractivity contribution is -0.118. The van der Waals surface area contributed by atoms with E-state index in [1.807, 2.05) is 0 Å². The first kappa shape index (κ1) is 23.3. The highest BCUT2D eigenvalue weighted by Crippen LogP contribution is 2.27. The third-order valence-electron chi connectivity index (χ3n) is 3.88. The number of nitrogens with one attached hydrogen (secondary N) is 2. The number of amides is 1. The van der Waals surface area contributed by atoms with Crippen molar-refractivity contribution in [1.82, 2.24) is 0 Å². The first-order valence-electron chi connectivity index (χ1n) is 8.60. The van der Waals surface area contributed by atoms with Gasteiger partial charge in [-0.25, -0.2) is 12.8 Å². The first-order valence-corrected chi connectivity index (χ1v) is 11.6. The number of anilines is 2. The zero-order chi connectivity index (χ0) is 22.6. The van der Waals surface area contributed by atoms with Crippen molar-refractivity contribution < 1.29 is 22.3 Å². The monoisotopic (exact) mass is 546 g/mol. The van der Waals surface area contributed by atoms with Crippen LogP contribution in [0.25, 0.3) is 0 Å². The summed E-state index contributed by atoms with van der Waals surface area (Å²) in [7, 11) is -3.87. The summed E-state index contributed by atoms with van der Waals surface area (Å²) in [6.07, 6.45) is 0. The fourth-order valence-electron chi connectivity index (χ4n) is 2.41. The summed E-state index contributed by atoms with van der Waals surface area (Å²) in [6, 6.07) is 14.0. The Morgan fingerprint density at radius 3 is 2.35 bits per heavy atom. The fourth-order valence-corrected chi connectivity index (χ4v) is 4.10. The normalized spacial score (nSPS) is 11.1. The van der Waals surface area contributed by atoms with Crippen LogP contribution < -0.4 is 14.8 Å². The van der Waals surface area contributed by atoms with Crippen LogP contribution in [0, 0.1) is 5.82 Å². The molecule has 0 unspecified atom stereocenters. The van der Waals surface area contributed by atoms with Crippen molar-refractivity contribution in [2.24, 2.45) is 0 Å². The average molecular weight is 548 g/mol. The molecule has 11 heteroatoms. The van der Waals surface area contributed by atoms with Gasteiger partial charge < -0.3 is 10.1 Å². The Bertz CT molecular complexity index is 1220.